The number of anilines is 1. The lowest BCUT2D eigenvalue weighted by Gasteiger charge is -2.02. The molecule has 0 spiro atoms. The molecule has 0 saturated carbocycles. The molecule has 0 aliphatic rings. The molecule has 2 N–H and O–H groups in total. The van der Waals surface area contributed by atoms with E-state index >= 15 is 0 Å². The van der Waals surface area contributed by atoms with Crippen LogP contribution in [0.2, 0.25) is 0 Å². The third kappa shape index (κ3) is 1.76. The Morgan fingerprint density at radius 2 is 2.13 bits per heavy atom. The summed E-state index contributed by atoms with van der Waals surface area (Å²) in [5, 5.41) is 0. The van der Waals surface area contributed by atoms with Crippen molar-refractivity contribution in [1.29, 1.82) is 0 Å². The van der Waals surface area contributed by atoms with Gasteiger partial charge in [0.1, 0.15) is 0 Å². The van der Waals surface area contributed by atoms with Gasteiger partial charge in [-0.1, -0.05) is 0 Å². The summed E-state index contributed by atoms with van der Waals surface area (Å²) in [5.74, 6) is 0.224. The number of nitrogens with two attached hydrogens (primary N) is 1. The molecule has 0 aliphatic heterocycles. The molecule has 1 aromatic heterocycles. The molecule has 76 valence electrons. The number of hydrogen-bond donors (Lipinski definition) is 1. The van der Waals surface area contributed by atoms with Crippen LogP contribution in [0.15, 0.2) is 41.0 Å². The Bertz CT molecular complexity index is 486. The summed E-state index contributed by atoms with van der Waals surface area (Å²) in [5.41, 5.74) is 7.85. The summed E-state index contributed by atoms with van der Waals surface area (Å²) >= 11 is 0. The smallest absolute Gasteiger partial charge is 0.228 e. The van der Waals surface area contributed by atoms with Gasteiger partial charge in [-0.15, -0.1) is 0 Å². The van der Waals surface area contributed by atoms with E-state index < -0.39 is 0 Å². The fourth-order valence-corrected chi connectivity index (χ4v) is 1.37. The number of aryl methyl sites for hydroxylation is 1. The maximum absolute atomic E-state index is 11.8. The van der Waals surface area contributed by atoms with Crippen LogP contribution in [0.3, 0.4) is 0 Å². The van der Waals surface area contributed by atoms with E-state index in [4.69, 9.17) is 10.2 Å². The molecule has 3 heteroatoms. The van der Waals surface area contributed by atoms with Gasteiger partial charge in [0.25, 0.3) is 0 Å². The van der Waals surface area contributed by atoms with Gasteiger partial charge in [-0.3, -0.25) is 4.79 Å². The molecule has 0 unspecified atom stereocenters. The lowest BCUT2D eigenvalue weighted by Crippen LogP contribution is -2.01. The molecule has 0 fully saturated rings. The van der Waals surface area contributed by atoms with Crippen molar-refractivity contribution in [2.75, 3.05) is 5.73 Å². The topological polar surface area (TPSA) is 56.2 Å². The molecule has 0 saturated heterocycles. The van der Waals surface area contributed by atoms with Crippen molar-refractivity contribution in [3.05, 3.63) is 53.5 Å². The maximum Gasteiger partial charge on any atom is 0.228 e. The summed E-state index contributed by atoms with van der Waals surface area (Å²) in [6.45, 7) is 1.87. The van der Waals surface area contributed by atoms with Crippen molar-refractivity contribution in [2.24, 2.45) is 0 Å². The zero-order chi connectivity index (χ0) is 10.8. The molecule has 2 aromatic rings. The second-order valence-electron chi connectivity index (χ2n) is 3.38. The molecule has 0 atom stereocenters. The minimum Gasteiger partial charge on any atom is -0.461 e. The molecule has 0 radical (unpaired) electrons. The zero-order valence-electron chi connectivity index (χ0n) is 8.36. The van der Waals surface area contributed by atoms with E-state index in [2.05, 4.69) is 0 Å². The minimum atomic E-state index is -0.122. The molecule has 0 aliphatic carbocycles. The van der Waals surface area contributed by atoms with Crippen LogP contribution in [0, 0.1) is 6.92 Å². The predicted molar refractivity (Wildman–Crippen MR) is 57.7 cm³/mol. The first kappa shape index (κ1) is 9.52. The van der Waals surface area contributed by atoms with Crippen LogP contribution in [0.25, 0.3) is 0 Å². The van der Waals surface area contributed by atoms with Crippen LogP contribution >= 0.6 is 0 Å². The zero-order valence-corrected chi connectivity index (χ0v) is 8.36. The van der Waals surface area contributed by atoms with E-state index in [0.29, 0.717) is 17.0 Å². The standard InChI is InChI=1S/C12H11NO2/c1-8-7-9(4-5-10(8)13)12(14)11-3-2-6-15-11/h2-7H,13H2,1H3. The van der Waals surface area contributed by atoms with Gasteiger partial charge in [0.2, 0.25) is 5.78 Å². The van der Waals surface area contributed by atoms with Crippen LogP contribution in [-0.4, -0.2) is 5.78 Å². The fourth-order valence-electron chi connectivity index (χ4n) is 1.37. The minimum absolute atomic E-state index is 0.122. The SMILES string of the molecule is Cc1cc(C(=O)c2ccco2)ccc1N. The second-order valence-corrected chi connectivity index (χ2v) is 3.38. The van der Waals surface area contributed by atoms with Crippen LogP contribution in [0.5, 0.6) is 0 Å². The Morgan fingerprint density at radius 1 is 1.33 bits per heavy atom. The average Bonchev–Trinajstić information content (AvgIpc) is 2.74. The van der Waals surface area contributed by atoms with Crippen molar-refractivity contribution in [1.82, 2.24) is 0 Å². The lowest BCUT2D eigenvalue weighted by atomic mass is 10.1. The normalized spacial score (nSPS) is 10.2. The van der Waals surface area contributed by atoms with Gasteiger partial charge < -0.3 is 10.2 Å². The Hall–Kier alpha value is -2.03. The van der Waals surface area contributed by atoms with E-state index in [1.165, 1.54) is 6.26 Å². The van der Waals surface area contributed by atoms with Gasteiger partial charge in [-0.2, -0.15) is 0 Å². The molecule has 2 rings (SSSR count). The van der Waals surface area contributed by atoms with Gasteiger partial charge in [0.15, 0.2) is 5.76 Å². The highest BCUT2D eigenvalue weighted by Gasteiger charge is 2.11. The number of rotatable bonds is 2. The van der Waals surface area contributed by atoms with Crippen LogP contribution in [0.4, 0.5) is 5.69 Å². The highest BCUT2D eigenvalue weighted by atomic mass is 16.3. The first-order valence-corrected chi connectivity index (χ1v) is 4.63. The molecular formula is C12H11NO2. The van der Waals surface area contributed by atoms with Gasteiger partial charge in [-0.05, 0) is 42.8 Å². The van der Waals surface area contributed by atoms with Crippen molar-refractivity contribution in [3.63, 3.8) is 0 Å². The highest BCUT2D eigenvalue weighted by molar-refractivity contribution is 6.07. The highest BCUT2D eigenvalue weighted by Crippen LogP contribution is 2.16. The molecule has 15 heavy (non-hydrogen) atoms. The van der Waals surface area contributed by atoms with Crippen molar-refractivity contribution < 1.29 is 9.21 Å². The Balaban J connectivity index is 2.39. The van der Waals surface area contributed by atoms with E-state index in [1.807, 2.05) is 6.92 Å². The molecule has 1 aromatic carbocycles. The van der Waals surface area contributed by atoms with Crippen LogP contribution < -0.4 is 5.73 Å². The lowest BCUT2D eigenvalue weighted by molar-refractivity contribution is 0.101. The first-order chi connectivity index (χ1) is 7.18. The molecule has 0 bridgehead atoms. The average molecular weight is 201 g/mol. The maximum atomic E-state index is 11.8. The molecule has 3 nitrogen and oxygen atoms in total. The Labute approximate surface area is 87.5 Å². The van der Waals surface area contributed by atoms with E-state index in [-0.39, 0.29) is 5.78 Å². The van der Waals surface area contributed by atoms with Gasteiger partial charge in [-0.25, -0.2) is 0 Å². The molecule has 0 amide bonds. The number of nitrogen functional groups attached to an aromatic ring is 1. The third-order valence-electron chi connectivity index (χ3n) is 2.28. The third-order valence-corrected chi connectivity index (χ3v) is 2.28. The van der Waals surface area contributed by atoms with Crippen LogP contribution in [-0.2, 0) is 0 Å². The summed E-state index contributed by atoms with van der Waals surface area (Å²) in [6.07, 6.45) is 1.48. The predicted octanol–water partition coefficient (Wildman–Crippen LogP) is 2.40. The fraction of sp³-hybridized carbons (Fsp3) is 0.0833. The Kier molecular flexibility index (Phi) is 2.29. The van der Waals surface area contributed by atoms with E-state index in [0.717, 1.165) is 5.56 Å². The van der Waals surface area contributed by atoms with E-state index in [1.54, 1.807) is 30.3 Å². The van der Waals surface area contributed by atoms with Gasteiger partial charge in [0.05, 0.1) is 6.26 Å². The number of benzene rings is 1. The summed E-state index contributed by atoms with van der Waals surface area (Å²) in [4.78, 5) is 11.8. The van der Waals surface area contributed by atoms with Crippen molar-refractivity contribution in [3.8, 4) is 0 Å². The number of carbonyl (C=O) groups is 1. The number of carbonyl (C=O) groups excluding carboxylic acids is 1. The number of ketones is 1. The van der Waals surface area contributed by atoms with Crippen LogP contribution in [0.1, 0.15) is 21.7 Å². The first-order valence-electron chi connectivity index (χ1n) is 4.63. The largest absolute Gasteiger partial charge is 0.461 e. The van der Waals surface area contributed by atoms with E-state index in [9.17, 15) is 4.79 Å². The quantitative estimate of drug-likeness (QED) is 0.599. The summed E-state index contributed by atoms with van der Waals surface area (Å²) in [6, 6.07) is 8.53. The molecule has 1 heterocycles. The van der Waals surface area contributed by atoms with Gasteiger partial charge in [0, 0.05) is 11.3 Å². The van der Waals surface area contributed by atoms with Gasteiger partial charge >= 0.3 is 0 Å². The summed E-state index contributed by atoms with van der Waals surface area (Å²) < 4.78 is 5.04. The monoisotopic (exact) mass is 201 g/mol. The molecular weight excluding hydrogens is 190 g/mol. The number of furan rings is 1. The number of hydrogen-bond acceptors (Lipinski definition) is 3. The second kappa shape index (κ2) is 3.61. The Morgan fingerprint density at radius 3 is 2.73 bits per heavy atom. The van der Waals surface area contributed by atoms with Crippen molar-refractivity contribution in [2.45, 2.75) is 6.92 Å². The summed E-state index contributed by atoms with van der Waals surface area (Å²) in [7, 11) is 0. The van der Waals surface area contributed by atoms with Crippen molar-refractivity contribution >= 4 is 11.5 Å².